The van der Waals surface area contributed by atoms with E-state index < -0.39 is 5.91 Å². The van der Waals surface area contributed by atoms with Gasteiger partial charge in [-0.3, -0.25) is 14.7 Å². The molecule has 0 atom stereocenters. The van der Waals surface area contributed by atoms with Crippen LogP contribution in [0.1, 0.15) is 42.6 Å². The molecule has 126 valence electrons. The van der Waals surface area contributed by atoms with Crippen LogP contribution in [0.2, 0.25) is 0 Å². The van der Waals surface area contributed by atoms with Gasteiger partial charge in [-0.25, -0.2) is 0 Å². The zero-order valence-corrected chi connectivity index (χ0v) is 13.6. The average Bonchev–Trinajstić information content (AvgIpc) is 2.62. The number of amides is 1. The van der Waals surface area contributed by atoms with Gasteiger partial charge < -0.3 is 15.8 Å². The molecule has 1 saturated heterocycles. The molecule has 0 bridgehead atoms. The molecule has 6 heteroatoms. The summed E-state index contributed by atoms with van der Waals surface area (Å²) in [5.74, 6) is -0.491. The SMILES string of the molecule is NC(=O)c1cc(NCC2(N3CCOCC3)CCCCC2)ccn1. The van der Waals surface area contributed by atoms with Crippen molar-refractivity contribution in [2.45, 2.75) is 37.6 Å². The van der Waals surface area contributed by atoms with E-state index in [1.807, 2.05) is 6.07 Å². The Bertz CT molecular complexity index is 537. The van der Waals surface area contributed by atoms with E-state index in [1.165, 1.54) is 32.1 Å². The third-order valence-corrected chi connectivity index (χ3v) is 5.10. The predicted octanol–water partition coefficient (Wildman–Crippen LogP) is 1.63. The summed E-state index contributed by atoms with van der Waals surface area (Å²) in [5, 5.41) is 3.52. The van der Waals surface area contributed by atoms with E-state index in [0.717, 1.165) is 38.5 Å². The number of carbonyl (C=O) groups is 1. The van der Waals surface area contributed by atoms with Gasteiger partial charge in [0.15, 0.2) is 0 Å². The number of aromatic nitrogens is 1. The molecule has 0 spiro atoms. The van der Waals surface area contributed by atoms with Crippen LogP contribution >= 0.6 is 0 Å². The maximum absolute atomic E-state index is 11.3. The van der Waals surface area contributed by atoms with Crippen molar-refractivity contribution >= 4 is 11.6 Å². The molecule has 1 aromatic rings. The van der Waals surface area contributed by atoms with Gasteiger partial charge in [-0.2, -0.15) is 0 Å². The number of anilines is 1. The average molecular weight is 318 g/mol. The minimum Gasteiger partial charge on any atom is -0.383 e. The van der Waals surface area contributed by atoms with E-state index in [2.05, 4.69) is 15.2 Å². The number of primary amides is 1. The fourth-order valence-electron chi connectivity index (χ4n) is 3.79. The summed E-state index contributed by atoms with van der Waals surface area (Å²) >= 11 is 0. The quantitative estimate of drug-likeness (QED) is 0.862. The maximum atomic E-state index is 11.3. The molecule has 1 saturated carbocycles. The van der Waals surface area contributed by atoms with Crippen LogP contribution in [0.4, 0.5) is 5.69 Å². The first-order valence-corrected chi connectivity index (χ1v) is 8.52. The third kappa shape index (κ3) is 3.82. The predicted molar refractivity (Wildman–Crippen MR) is 89.5 cm³/mol. The highest BCUT2D eigenvalue weighted by atomic mass is 16.5. The molecule has 0 aromatic carbocycles. The standard InChI is InChI=1S/C17H26N4O2/c18-16(22)15-12-14(4-7-19-15)20-13-17(5-2-1-3-6-17)21-8-10-23-11-9-21/h4,7,12H,1-3,5-6,8-11,13H2,(H2,18,22)(H,19,20). The lowest BCUT2D eigenvalue weighted by Crippen LogP contribution is -2.57. The number of carbonyl (C=O) groups excluding carboxylic acids is 1. The van der Waals surface area contributed by atoms with Gasteiger partial charge in [-0.15, -0.1) is 0 Å². The normalized spacial score (nSPS) is 21.7. The van der Waals surface area contributed by atoms with Gasteiger partial charge in [0.25, 0.3) is 5.91 Å². The zero-order valence-electron chi connectivity index (χ0n) is 13.6. The topological polar surface area (TPSA) is 80.5 Å². The summed E-state index contributed by atoms with van der Waals surface area (Å²) in [6.07, 6.45) is 7.95. The Balaban J connectivity index is 1.71. The van der Waals surface area contributed by atoms with Crippen molar-refractivity contribution in [3.63, 3.8) is 0 Å². The zero-order chi connectivity index (χ0) is 16.1. The molecule has 3 N–H and O–H groups in total. The molecule has 0 unspecified atom stereocenters. The number of nitrogens with one attached hydrogen (secondary N) is 1. The van der Waals surface area contributed by atoms with E-state index in [9.17, 15) is 4.79 Å². The van der Waals surface area contributed by atoms with Gasteiger partial charge >= 0.3 is 0 Å². The Hall–Kier alpha value is -1.66. The number of nitrogens with two attached hydrogens (primary N) is 1. The van der Waals surface area contributed by atoms with Gasteiger partial charge in [-0.1, -0.05) is 19.3 Å². The maximum Gasteiger partial charge on any atom is 0.267 e. The highest BCUT2D eigenvalue weighted by molar-refractivity contribution is 5.91. The highest BCUT2D eigenvalue weighted by Crippen LogP contribution is 2.34. The van der Waals surface area contributed by atoms with Crippen LogP contribution in [0, 0.1) is 0 Å². The highest BCUT2D eigenvalue weighted by Gasteiger charge is 2.38. The number of hydrogen-bond acceptors (Lipinski definition) is 5. The molecule has 2 aliphatic rings. The van der Waals surface area contributed by atoms with Crippen LogP contribution in [0.15, 0.2) is 18.3 Å². The summed E-state index contributed by atoms with van der Waals surface area (Å²) in [5.41, 5.74) is 6.72. The molecule has 23 heavy (non-hydrogen) atoms. The van der Waals surface area contributed by atoms with Crippen molar-refractivity contribution in [2.75, 3.05) is 38.2 Å². The van der Waals surface area contributed by atoms with Crippen molar-refractivity contribution in [2.24, 2.45) is 5.73 Å². The second-order valence-electron chi connectivity index (χ2n) is 6.53. The van der Waals surface area contributed by atoms with Crippen LogP contribution < -0.4 is 11.1 Å². The Morgan fingerprint density at radius 2 is 2.04 bits per heavy atom. The van der Waals surface area contributed by atoms with Crippen molar-refractivity contribution in [1.82, 2.24) is 9.88 Å². The van der Waals surface area contributed by atoms with Crippen LogP contribution in [0.25, 0.3) is 0 Å². The first kappa shape index (κ1) is 16.2. The molecule has 1 amide bonds. The Morgan fingerprint density at radius 3 is 2.74 bits per heavy atom. The number of ether oxygens (including phenoxy) is 1. The fourth-order valence-corrected chi connectivity index (χ4v) is 3.79. The number of pyridine rings is 1. The Morgan fingerprint density at radius 1 is 1.30 bits per heavy atom. The van der Waals surface area contributed by atoms with E-state index in [4.69, 9.17) is 10.5 Å². The molecule has 1 aliphatic heterocycles. The van der Waals surface area contributed by atoms with Gasteiger partial charge in [0.05, 0.1) is 13.2 Å². The summed E-state index contributed by atoms with van der Waals surface area (Å²) in [4.78, 5) is 17.9. The Labute approximate surface area is 137 Å². The lowest BCUT2D eigenvalue weighted by atomic mass is 9.79. The molecule has 2 heterocycles. The second kappa shape index (κ2) is 7.27. The van der Waals surface area contributed by atoms with Crippen molar-refractivity contribution < 1.29 is 9.53 Å². The summed E-state index contributed by atoms with van der Waals surface area (Å²) in [7, 11) is 0. The third-order valence-electron chi connectivity index (χ3n) is 5.10. The molecular weight excluding hydrogens is 292 g/mol. The summed E-state index contributed by atoms with van der Waals surface area (Å²) in [6, 6.07) is 3.63. The van der Waals surface area contributed by atoms with E-state index in [0.29, 0.717) is 5.69 Å². The van der Waals surface area contributed by atoms with Crippen LogP contribution in [-0.2, 0) is 4.74 Å². The van der Waals surface area contributed by atoms with E-state index in [1.54, 1.807) is 12.3 Å². The number of nitrogens with zero attached hydrogens (tertiary/aromatic N) is 2. The molecule has 1 aromatic heterocycles. The molecule has 2 fully saturated rings. The summed E-state index contributed by atoms with van der Waals surface area (Å²) in [6.45, 7) is 4.54. The van der Waals surface area contributed by atoms with Crippen LogP contribution in [-0.4, -0.2) is 54.2 Å². The van der Waals surface area contributed by atoms with Crippen LogP contribution in [0.5, 0.6) is 0 Å². The molecule has 6 nitrogen and oxygen atoms in total. The van der Waals surface area contributed by atoms with Gasteiger partial charge in [0, 0.05) is 37.1 Å². The van der Waals surface area contributed by atoms with E-state index in [-0.39, 0.29) is 5.54 Å². The number of rotatable bonds is 5. The first-order chi connectivity index (χ1) is 11.2. The second-order valence-corrected chi connectivity index (χ2v) is 6.53. The van der Waals surface area contributed by atoms with Crippen molar-refractivity contribution in [1.29, 1.82) is 0 Å². The lowest BCUT2D eigenvalue weighted by Gasteiger charge is -2.48. The summed E-state index contributed by atoms with van der Waals surface area (Å²) < 4.78 is 5.52. The van der Waals surface area contributed by atoms with Gasteiger partial charge in [-0.05, 0) is 25.0 Å². The van der Waals surface area contributed by atoms with Gasteiger partial charge in [0.1, 0.15) is 5.69 Å². The first-order valence-electron chi connectivity index (χ1n) is 8.52. The largest absolute Gasteiger partial charge is 0.383 e. The smallest absolute Gasteiger partial charge is 0.267 e. The lowest BCUT2D eigenvalue weighted by molar-refractivity contribution is -0.0318. The van der Waals surface area contributed by atoms with Crippen LogP contribution in [0.3, 0.4) is 0 Å². The van der Waals surface area contributed by atoms with Gasteiger partial charge in [0.2, 0.25) is 0 Å². The van der Waals surface area contributed by atoms with Crippen molar-refractivity contribution in [3.8, 4) is 0 Å². The van der Waals surface area contributed by atoms with Crippen molar-refractivity contribution in [3.05, 3.63) is 24.0 Å². The number of hydrogen-bond donors (Lipinski definition) is 2. The minimum atomic E-state index is -0.491. The molecule has 1 aliphatic carbocycles. The molecule has 0 radical (unpaired) electrons. The molecular formula is C17H26N4O2. The minimum absolute atomic E-state index is 0.193. The molecule has 3 rings (SSSR count). The number of morpholine rings is 1. The Kier molecular flexibility index (Phi) is 5.13. The van der Waals surface area contributed by atoms with E-state index >= 15 is 0 Å². The fraction of sp³-hybridized carbons (Fsp3) is 0.647. The monoisotopic (exact) mass is 318 g/mol.